The highest BCUT2D eigenvalue weighted by Crippen LogP contribution is 2.11. The molecule has 0 spiro atoms. The Kier molecular flexibility index (Phi) is 4.41. The molecule has 0 radical (unpaired) electrons. The lowest BCUT2D eigenvalue weighted by Gasteiger charge is -2.15. The highest BCUT2D eigenvalue weighted by atomic mass is 32.1. The summed E-state index contributed by atoms with van der Waals surface area (Å²) in [7, 11) is 2.07. The minimum Gasteiger partial charge on any atom is -0.325 e. The van der Waals surface area contributed by atoms with Crippen LogP contribution in [0.1, 0.15) is 22.1 Å². The Bertz CT molecular complexity index is 509. The van der Waals surface area contributed by atoms with Gasteiger partial charge in [0.1, 0.15) is 0 Å². The molecule has 0 amide bonds. The van der Waals surface area contributed by atoms with Crippen LogP contribution in [0.15, 0.2) is 23.6 Å². The van der Waals surface area contributed by atoms with Crippen molar-refractivity contribution in [2.24, 2.45) is 5.73 Å². The summed E-state index contributed by atoms with van der Waals surface area (Å²) in [5.74, 6) is 0. The quantitative estimate of drug-likeness (QED) is 0.894. The summed E-state index contributed by atoms with van der Waals surface area (Å²) in [5.41, 5.74) is 8.70. The molecule has 2 rings (SSSR count). The molecular weight excluding hydrogens is 244 g/mol. The number of nitrogens with zero attached hydrogens (tertiary/aromatic N) is 3. The predicted octanol–water partition coefficient (Wildman–Crippen LogP) is 1.94. The SMILES string of the molecule is Cc1nc(CN(C)Cc2cccc(CN)n2)cs1. The number of nitrogens with two attached hydrogens (primary N) is 1. The molecule has 0 bridgehead atoms. The Labute approximate surface area is 111 Å². The molecular formula is C13H18N4S. The number of pyridine rings is 1. The summed E-state index contributed by atoms with van der Waals surface area (Å²) in [5, 5.41) is 3.22. The van der Waals surface area contributed by atoms with Gasteiger partial charge < -0.3 is 5.73 Å². The van der Waals surface area contributed by atoms with E-state index in [4.69, 9.17) is 5.73 Å². The van der Waals surface area contributed by atoms with E-state index in [0.717, 1.165) is 35.2 Å². The maximum absolute atomic E-state index is 5.59. The molecule has 96 valence electrons. The maximum atomic E-state index is 5.59. The van der Waals surface area contributed by atoms with Crippen LogP contribution in [0.5, 0.6) is 0 Å². The van der Waals surface area contributed by atoms with Crippen molar-refractivity contribution in [3.05, 3.63) is 45.7 Å². The summed E-state index contributed by atoms with van der Waals surface area (Å²) >= 11 is 1.69. The van der Waals surface area contributed by atoms with Crippen LogP contribution in [0.25, 0.3) is 0 Å². The molecule has 0 fully saturated rings. The third-order valence-electron chi connectivity index (χ3n) is 2.60. The standard InChI is InChI=1S/C13H18N4S/c1-10-15-13(9-18-10)8-17(2)7-12-5-3-4-11(6-14)16-12/h3-5,9H,6-8,14H2,1-2H3. The molecule has 0 saturated carbocycles. The summed E-state index contributed by atoms with van der Waals surface area (Å²) in [4.78, 5) is 11.2. The minimum atomic E-state index is 0.489. The normalized spacial score (nSPS) is 11.1. The van der Waals surface area contributed by atoms with E-state index in [9.17, 15) is 0 Å². The van der Waals surface area contributed by atoms with Crippen molar-refractivity contribution in [1.82, 2.24) is 14.9 Å². The Morgan fingerprint density at radius 3 is 2.56 bits per heavy atom. The van der Waals surface area contributed by atoms with Gasteiger partial charge in [-0.05, 0) is 26.1 Å². The molecule has 2 N–H and O–H groups in total. The second-order valence-corrected chi connectivity index (χ2v) is 5.42. The van der Waals surface area contributed by atoms with E-state index < -0.39 is 0 Å². The fourth-order valence-electron chi connectivity index (χ4n) is 1.82. The lowest BCUT2D eigenvalue weighted by molar-refractivity contribution is 0.311. The summed E-state index contributed by atoms with van der Waals surface area (Å²) in [6.07, 6.45) is 0. The summed E-state index contributed by atoms with van der Waals surface area (Å²) in [6.45, 7) is 4.17. The van der Waals surface area contributed by atoms with Gasteiger partial charge in [0.2, 0.25) is 0 Å². The topological polar surface area (TPSA) is 55.0 Å². The largest absolute Gasteiger partial charge is 0.325 e. The van der Waals surface area contributed by atoms with Crippen molar-refractivity contribution in [1.29, 1.82) is 0 Å². The van der Waals surface area contributed by atoms with Crippen molar-refractivity contribution in [2.45, 2.75) is 26.6 Å². The lowest BCUT2D eigenvalue weighted by Crippen LogP contribution is -2.18. The van der Waals surface area contributed by atoms with Gasteiger partial charge in [-0.15, -0.1) is 11.3 Å². The van der Waals surface area contributed by atoms with Crippen LogP contribution in [0.3, 0.4) is 0 Å². The molecule has 0 aliphatic heterocycles. The minimum absolute atomic E-state index is 0.489. The average molecular weight is 262 g/mol. The van der Waals surface area contributed by atoms with Gasteiger partial charge in [-0.3, -0.25) is 9.88 Å². The molecule has 0 aliphatic rings. The van der Waals surface area contributed by atoms with Crippen LogP contribution >= 0.6 is 11.3 Å². The third kappa shape index (κ3) is 3.60. The zero-order valence-corrected chi connectivity index (χ0v) is 11.6. The Morgan fingerprint density at radius 2 is 1.89 bits per heavy atom. The fourth-order valence-corrected chi connectivity index (χ4v) is 2.42. The number of rotatable bonds is 5. The number of aryl methyl sites for hydroxylation is 1. The van der Waals surface area contributed by atoms with Crippen LogP contribution in [-0.2, 0) is 19.6 Å². The zero-order chi connectivity index (χ0) is 13.0. The van der Waals surface area contributed by atoms with Gasteiger partial charge in [-0.1, -0.05) is 6.07 Å². The molecule has 0 atom stereocenters. The van der Waals surface area contributed by atoms with E-state index in [-0.39, 0.29) is 0 Å². The van der Waals surface area contributed by atoms with Crippen molar-refractivity contribution >= 4 is 11.3 Å². The molecule has 2 heterocycles. The second-order valence-electron chi connectivity index (χ2n) is 4.35. The number of hydrogen-bond acceptors (Lipinski definition) is 5. The molecule has 4 nitrogen and oxygen atoms in total. The van der Waals surface area contributed by atoms with Gasteiger partial charge in [-0.2, -0.15) is 0 Å². The van der Waals surface area contributed by atoms with Crippen molar-refractivity contribution < 1.29 is 0 Å². The Hall–Kier alpha value is -1.30. The Balaban J connectivity index is 1.96. The van der Waals surface area contributed by atoms with Crippen LogP contribution < -0.4 is 5.73 Å². The zero-order valence-electron chi connectivity index (χ0n) is 10.8. The first-order valence-corrected chi connectivity index (χ1v) is 6.80. The van der Waals surface area contributed by atoms with Gasteiger partial charge >= 0.3 is 0 Å². The summed E-state index contributed by atoms with van der Waals surface area (Å²) < 4.78 is 0. The van der Waals surface area contributed by atoms with E-state index >= 15 is 0 Å². The molecule has 0 aliphatic carbocycles. The van der Waals surface area contributed by atoms with Crippen molar-refractivity contribution in [3.63, 3.8) is 0 Å². The van der Waals surface area contributed by atoms with Crippen molar-refractivity contribution in [2.75, 3.05) is 7.05 Å². The fraction of sp³-hybridized carbons (Fsp3) is 0.385. The van der Waals surface area contributed by atoms with Gasteiger partial charge in [-0.25, -0.2) is 4.98 Å². The molecule has 2 aromatic heterocycles. The van der Waals surface area contributed by atoms with Crippen LogP contribution in [-0.4, -0.2) is 21.9 Å². The number of hydrogen-bond donors (Lipinski definition) is 1. The first kappa shape index (κ1) is 13.1. The van der Waals surface area contributed by atoms with Gasteiger partial charge in [0.05, 0.1) is 22.1 Å². The van der Waals surface area contributed by atoms with Crippen LogP contribution in [0.4, 0.5) is 0 Å². The van der Waals surface area contributed by atoms with E-state index in [2.05, 4.69) is 27.3 Å². The first-order chi connectivity index (χ1) is 8.67. The maximum Gasteiger partial charge on any atom is 0.0897 e. The second kappa shape index (κ2) is 6.04. The third-order valence-corrected chi connectivity index (χ3v) is 3.43. The molecule has 0 saturated heterocycles. The van der Waals surface area contributed by atoms with E-state index in [1.54, 1.807) is 11.3 Å². The van der Waals surface area contributed by atoms with Crippen LogP contribution in [0, 0.1) is 6.92 Å². The van der Waals surface area contributed by atoms with Crippen LogP contribution in [0.2, 0.25) is 0 Å². The molecule has 0 aromatic carbocycles. The van der Waals surface area contributed by atoms with Gasteiger partial charge in [0.25, 0.3) is 0 Å². The van der Waals surface area contributed by atoms with Crippen molar-refractivity contribution in [3.8, 4) is 0 Å². The predicted molar refractivity (Wildman–Crippen MR) is 74.2 cm³/mol. The van der Waals surface area contributed by atoms with E-state index in [0.29, 0.717) is 6.54 Å². The monoisotopic (exact) mass is 262 g/mol. The number of thiazole rings is 1. The molecule has 18 heavy (non-hydrogen) atoms. The molecule has 2 aromatic rings. The highest BCUT2D eigenvalue weighted by Gasteiger charge is 2.05. The summed E-state index contributed by atoms with van der Waals surface area (Å²) in [6, 6.07) is 5.99. The van der Waals surface area contributed by atoms with Gasteiger partial charge in [0, 0.05) is 25.0 Å². The highest BCUT2D eigenvalue weighted by molar-refractivity contribution is 7.09. The molecule has 0 unspecified atom stereocenters. The van der Waals surface area contributed by atoms with E-state index in [1.165, 1.54) is 0 Å². The first-order valence-electron chi connectivity index (χ1n) is 5.92. The number of aromatic nitrogens is 2. The molecule has 5 heteroatoms. The van der Waals surface area contributed by atoms with E-state index in [1.807, 2.05) is 25.1 Å². The lowest BCUT2D eigenvalue weighted by atomic mass is 10.3. The average Bonchev–Trinajstić information content (AvgIpc) is 2.74. The Morgan fingerprint density at radius 1 is 1.17 bits per heavy atom. The van der Waals surface area contributed by atoms with Gasteiger partial charge in [0.15, 0.2) is 0 Å². The smallest absolute Gasteiger partial charge is 0.0897 e.